The van der Waals surface area contributed by atoms with Crippen LogP contribution in [0.15, 0.2) is 84.9 Å². The fraction of sp³-hybridized carbons (Fsp3) is 0.353. The molecule has 7 heteroatoms. The average molecular weight is 545 g/mol. The molecule has 1 aliphatic heterocycles. The molecular formula is C34H36N6O. The molecule has 1 saturated heterocycles. The van der Waals surface area contributed by atoms with Crippen LogP contribution < -0.4 is 10.2 Å². The van der Waals surface area contributed by atoms with Gasteiger partial charge in [-0.3, -0.25) is 9.69 Å². The van der Waals surface area contributed by atoms with Crippen molar-refractivity contribution in [2.24, 2.45) is 0 Å². The molecule has 1 aliphatic carbocycles. The highest BCUT2D eigenvalue weighted by Crippen LogP contribution is 2.33. The van der Waals surface area contributed by atoms with Crippen LogP contribution in [-0.4, -0.2) is 53.0 Å². The number of amides is 1. The van der Waals surface area contributed by atoms with Crippen molar-refractivity contribution in [1.29, 1.82) is 5.26 Å². The normalized spacial score (nSPS) is 17.3. The van der Waals surface area contributed by atoms with E-state index in [9.17, 15) is 10.1 Å². The van der Waals surface area contributed by atoms with Gasteiger partial charge in [0, 0.05) is 32.2 Å². The van der Waals surface area contributed by atoms with Gasteiger partial charge in [-0.2, -0.15) is 5.26 Å². The minimum Gasteiger partial charge on any atom is -0.352 e. The standard InChI is InChI=1S/C34H36N6O/c35-24-28(34(41)36-27-16-8-3-9-17-27)31-33(38-30-19-11-10-18-29(30)37-31)40-22-20-39(21-23-40)32(25-12-4-1-5-13-25)26-14-6-2-7-15-26/h1-2,4-7,10-15,18-19,27-28,32H,3,8-9,16-17,20-23H2,(H,36,41)/t28-/m1/s1. The molecule has 0 unspecified atom stereocenters. The second-order valence-corrected chi connectivity index (χ2v) is 11.1. The molecule has 41 heavy (non-hydrogen) atoms. The largest absolute Gasteiger partial charge is 0.352 e. The van der Waals surface area contributed by atoms with Gasteiger partial charge in [-0.05, 0) is 36.1 Å². The maximum atomic E-state index is 13.4. The van der Waals surface area contributed by atoms with Crippen molar-refractivity contribution in [3.05, 3.63) is 102 Å². The molecule has 1 amide bonds. The summed E-state index contributed by atoms with van der Waals surface area (Å²) in [6, 6.07) is 31.5. The van der Waals surface area contributed by atoms with Gasteiger partial charge in [0.05, 0.1) is 23.1 Å². The Balaban J connectivity index is 1.28. The van der Waals surface area contributed by atoms with Gasteiger partial charge in [0.2, 0.25) is 5.91 Å². The van der Waals surface area contributed by atoms with Crippen molar-refractivity contribution in [1.82, 2.24) is 20.2 Å². The number of piperazine rings is 1. The lowest BCUT2D eigenvalue weighted by atomic mass is 9.94. The second-order valence-electron chi connectivity index (χ2n) is 11.1. The van der Waals surface area contributed by atoms with Crippen molar-refractivity contribution in [3.63, 3.8) is 0 Å². The Morgan fingerprint density at radius 2 is 1.34 bits per heavy atom. The molecule has 0 bridgehead atoms. The number of nitriles is 1. The zero-order valence-electron chi connectivity index (χ0n) is 23.3. The number of anilines is 1. The quantitative estimate of drug-likeness (QED) is 0.326. The molecule has 7 nitrogen and oxygen atoms in total. The summed E-state index contributed by atoms with van der Waals surface area (Å²) < 4.78 is 0. The van der Waals surface area contributed by atoms with Crippen molar-refractivity contribution in [3.8, 4) is 6.07 Å². The molecule has 1 aromatic heterocycles. The van der Waals surface area contributed by atoms with E-state index in [0.29, 0.717) is 17.0 Å². The third kappa shape index (κ3) is 5.94. The summed E-state index contributed by atoms with van der Waals surface area (Å²) in [4.78, 5) is 28.0. The lowest BCUT2D eigenvalue weighted by Gasteiger charge is -2.40. The van der Waals surface area contributed by atoms with E-state index in [2.05, 4.69) is 81.8 Å². The van der Waals surface area contributed by atoms with E-state index < -0.39 is 5.92 Å². The van der Waals surface area contributed by atoms with E-state index in [1.165, 1.54) is 17.5 Å². The van der Waals surface area contributed by atoms with Crippen LogP contribution in [-0.2, 0) is 4.79 Å². The number of aromatic nitrogens is 2. The Kier molecular flexibility index (Phi) is 8.20. The third-order valence-corrected chi connectivity index (χ3v) is 8.40. The molecule has 0 radical (unpaired) electrons. The minimum absolute atomic E-state index is 0.125. The first-order valence-electron chi connectivity index (χ1n) is 14.8. The first kappa shape index (κ1) is 26.9. The number of nitrogens with zero attached hydrogens (tertiary/aromatic N) is 5. The smallest absolute Gasteiger partial charge is 0.243 e. The molecule has 0 spiro atoms. The molecule has 1 N–H and O–H groups in total. The fourth-order valence-electron chi connectivity index (χ4n) is 6.28. The molecule has 1 saturated carbocycles. The summed E-state index contributed by atoms with van der Waals surface area (Å²) in [6.07, 6.45) is 5.36. The summed E-state index contributed by atoms with van der Waals surface area (Å²) in [5.41, 5.74) is 4.45. The first-order chi connectivity index (χ1) is 20.2. The Morgan fingerprint density at radius 1 is 0.780 bits per heavy atom. The number of para-hydroxylation sites is 2. The number of benzene rings is 3. The lowest BCUT2D eigenvalue weighted by Crippen LogP contribution is -2.48. The van der Waals surface area contributed by atoms with Crippen LogP contribution in [0, 0.1) is 11.3 Å². The van der Waals surface area contributed by atoms with Crippen molar-refractivity contribution in [2.75, 3.05) is 31.1 Å². The summed E-state index contributed by atoms with van der Waals surface area (Å²) >= 11 is 0. The van der Waals surface area contributed by atoms with Gasteiger partial charge >= 0.3 is 0 Å². The Labute approximate surface area is 241 Å². The number of hydrogen-bond acceptors (Lipinski definition) is 6. The minimum atomic E-state index is -1.01. The molecule has 2 heterocycles. The van der Waals surface area contributed by atoms with Crippen LogP contribution in [0.4, 0.5) is 5.82 Å². The zero-order valence-corrected chi connectivity index (χ0v) is 23.3. The first-order valence-corrected chi connectivity index (χ1v) is 14.8. The lowest BCUT2D eigenvalue weighted by molar-refractivity contribution is -0.122. The summed E-state index contributed by atoms with van der Waals surface area (Å²) in [5, 5.41) is 13.4. The highest BCUT2D eigenvalue weighted by molar-refractivity contribution is 5.89. The second kappa shape index (κ2) is 12.5. The van der Waals surface area contributed by atoms with Crippen LogP contribution in [0.1, 0.15) is 60.9 Å². The summed E-state index contributed by atoms with van der Waals surface area (Å²) in [6.45, 7) is 3.07. The highest BCUT2D eigenvalue weighted by Gasteiger charge is 2.33. The molecule has 208 valence electrons. The Morgan fingerprint density at radius 3 is 1.93 bits per heavy atom. The molecule has 1 atom stereocenters. The average Bonchev–Trinajstić information content (AvgIpc) is 3.03. The Hall–Kier alpha value is -4.28. The zero-order chi connectivity index (χ0) is 28.0. The number of carbonyl (C=O) groups is 1. The van der Waals surface area contributed by atoms with Crippen molar-refractivity contribution < 1.29 is 4.79 Å². The summed E-state index contributed by atoms with van der Waals surface area (Å²) in [7, 11) is 0. The van der Waals surface area contributed by atoms with Gasteiger partial charge in [-0.25, -0.2) is 9.97 Å². The number of rotatable bonds is 7. The van der Waals surface area contributed by atoms with Gasteiger partial charge in [0.25, 0.3) is 0 Å². The number of hydrogen-bond donors (Lipinski definition) is 1. The van der Waals surface area contributed by atoms with Gasteiger partial charge in [0.15, 0.2) is 11.7 Å². The van der Waals surface area contributed by atoms with Crippen LogP contribution >= 0.6 is 0 Å². The van der Waals surface area contributed by atoms with E-state index in [1.54, 1.807) is 0 Å². The van der Waals surface area contributed by atoms with Crippen molar-refractivity contribution >= 4 is 22.8 Å². The van der Waals surface area contributed by atoms with Gasteiger partial charge in [0.1, 0.15) is 5.69 Å². The number of fused-ring (bicyclic) bond motifs is 1. The molecular weight excluding hydrogens is 508 g/mol. The summed E-state index contributed by atoms with van der Waals surface area (Å²) in [5.74, 6) is -0.634. The molecule has 6 rings (SSSR count). The van der Waals surface area contributed by atoms with E-state index >= 15 is 0 Å². The highest BCUT2D eigenvalue weighted by atomic mass is 16.2. The predicted molar refractivity (Wildman–Crippen MR) is 161 cm³/mol. The van der Waals surface area contributed by atoms with E-state index in [1.807, 2.05) is 24.3 Å². The molecule has 2 aliphatic rings. The SMILES string of the molecule is N#C[C@@H](C(=O)NC1CCCCC1)c1nc2ccccc2nc1N1CCN(C(c2ccccc2)c2ccccc2)CC1. The predicted octanol–water partition coefficient (Wildman–Crippen LogP) is 5.60. The Bertz CT molecular complexity index is 1470. The monoisotopic (exact) mass is 544 g/mol. The molecule has 2 fully saturated rings. The number of carbonyl (C=O) groups excluding carboxylic acids is 1. The van der Waals surface area contributed by atoms with Crippen molar-refractivity contribution in [2.45, 2.75) is 50.1 Å². The maximum Gasteiger partial charge on any atom is 0.243 e. The van der Waals surface area contributed by atoms with Crippen LogP contribution in [0.5, 0.6) is 0 Å². The third-order valence-electron chi connectivity index (χ3n) is 8.40. The van der Waals surface area contributed by atoms with Crippen LogP contribution in [0.25, 0.3) is 11.0 Å². The molecule has 3 aromatic carbocycles. The topological polar surface area (TPSA) is 85.1 Å². The van der Waals surface area contributed by atoms with E-state index in [-0.39, 0.29) is 18.0 Å². The van der Waals surface area contributed by atoms with Gasteiger partial charge in [-0.1, -0.05) is 92.1 Å². The number of nitrogens with one attached hydrogen (secondary N) is 1. The van der Waals surface area contributed by atoms with Crippen LogP contribution in [0.3, 0.4) is 0 Å². The van der Waals surface area contributed by atoms with E-state index in [0.717, 1.165) is 57.4 Å². The van der Waals surface area contributed by atoms with Gasteiger partial charge in [-0.15, -0.1) is 0 Å². The fourth-order valence-corrected chi connectivity index (χ4v) is 6.28. The van der Waals surface area contributed by atoms with Gasteiger partial charge < -0.3 is 10.2 Å². The van der Waals surface area contributed by atoms with E-state index in [4.69, 9.17) is 9.97 Å². The molecule has 4 aromatic rings. The van der Waals surface area contributed by atoms with Crippen LogP contribution in [0.2, 0.25) is 0 Å². The maximum absolute atomic E-state index is 13.4.